The number of rotatable bonds is 10. The van der Waals surface area contributed by atoms with Crippen molar-refractivity contribution in [3.05, 3.63) is 0 Å². The number of nitrogens with two attached hydrogens (primary N) is 1. The van der Waals surface area contributed by atoms with Crippen LogP contribution in [0.25, 0.3) is 0 Å². The largest absolute Gasteiger partial charge is 0.389 e. The average Bonchev–Trinajstić information content (AvgIpc) is 2.25. The Morgan fingerprint density at radius 1 is 1.25 bits per heavy atom. The summed E-state index contributed by atoms with van der Waals surface area (Å²) in [5.41, 5.74) is 4.77. The first-order valence-electron chi connectivity index (χ1n) is 6.12. The lowest BCUT2D eigenvalue weighted by Crippen LogP contribution is -2.34. The van der Waals surface area contributed by atoms with E-state index in [0.717, 1.165) is 45.4 Å². The highest BCUT2D eigenvalue weighted by Crippen LogP contribution is 2.11. The zero-order valence-electron chi connectivity index (χ0n) is 11.0. The molecule has 0 saturated carbocycles. The maximum absolute atomic E-state index is 9.71. The number of hydrogen-bond donors (Lipinski definition) is 2. The first kappa shape index (κ1) is 15.8. The van der Waals surface area contributed by atoms with Crippen molar-refractivity contribution in [2.24, 2.45) is 5.73 Å². The van der Waals surface area contributed by atoms with Gasteiger partial charge in [-0.1, -0.05) is 0 Å². The van der Waals surface area contributed by atoms with Gasteiger partial charge in [-0.05, 0) is 46.2 Å². The van der Waals surface area contributed by atoms with Crippen molar-refractivity contribution in [2.75, 3.05) is 40.4 Å². The molecule has 0 rings (SSSR count). The number of hydrogen-bond acceptors (Lipinski definition) is 4. The van der Waals surface area contributed by atoms with Gasteiger partial charge in [-0.15, -0.1) is 0 Å². The standard InChI is InChI=1S/C12H28N2O2/c1-12(15,11-13)7-4-5-8-14(2)9-6-10-16-3/h15H,4-11,13H2,1-3H3. The predicted molar refractivity (Wildman–Crippen MR) is 67.5 cm³/mol. The maximum Gasteiger partial charge on any atom is 0.0741 e. The zero-order valence-corrected chi connectivity index (χ0v) is 11.0. The quantitative estimate of drug-likeness (QED) is 0.548. The number of unbranched alkanes of at least 4 members (excludes halogenated alkanes) is 1. The first-order chi connectivity index (χ1) is 7.52. The fourth-order valence-corrected chi connectivity index (χ4v) is 1.58. The van der Waals surface area contributed by atoms with E-state index in [4.69, 9.17) is 10.5 Å². The Labute approximate surface area is 99.8 Å². The molecule has 0 bridgehead atoms. The summed E-state index contributed by atoms with van der Waals surface area (Å²) >= 11 is 0. The zero-order chi connectivity index (χ0) is 12.4. The highest BCUT2D eigenvalue weighted by Gasteiger charge is 2.16. The molecule has 1 atom stereocenters. The number of aliphatic hydroxyl groups is 1. The van der Waals surface area contributed by atoms with Gasteiger partial charge in [-0.25, -0.2) is 0 Å². The van der Waals surface area contributed by atoms with Crippen molar-refractivity contribution < 1.29 is 9.84 Å². The van der Waals surface area contributed by atoms with Crippen molar-refractivity contribution in [1.82, 2.24) is 4.90 Å². The van der Waals surface area contributed by atoms with Crippen LogP contribution in [0.2, 0.25) is 0 Å². The van der Waals surface area contributed by atoms with E-state index in [1.165, 1.54) is 0 Å². The maximum atomic E-state index is 9.71. The van der Waals surface area contributed by atoms with Gasteiger partial charge in [-0.2, -0.15) is 0 Å². The molecule has 0 amide bonds. The molecule has 0 saturated heterocycles. The molecule has 0 aromatic rings. The first-order valence-corrected chi connectivity index (χ1v) is 6.12. The third-order valence-electron chi connectivity index (χ3n) is 2.83. The van der Waals surface area contributed by atoms with Crippen LogP contribution in [0, 0.1) is 0 Å². The van der Waals surface area contributed by atoms with Crippen LogP contribution in [0.5, 0.6) is 0 Å². The van der Waals surface area contributed by atoms with Crippen LogP contribution in [0.4, 0.5) is 0 Å². The van der Waals surface area contributed by atoms with Crippen LogP contribution in [0.1, 0.15) is 32.6 Å². The molecule has 1 unspecified atom stereocenters. The summed E-state index contributed by atoms with van der Waals surface area (Å²) in [7, 11) is 3.85. The Morgan fingerprint density at radius 3 is 2.44 bits per heavy atom. The van der Waals surface area contributed by atoms with Gasteiger partial charge in [0.2, 0.25) is 0 Å². The van der Waals surface area contributed by atoms with Gasteiger partial charge < -0.3 is 20.5 Å². The van der Waals surface area contributed by atoms with Gasteiger partial charge in [0.05, 0.1) is 5.60 Å². The molecule has 0 heterocycles. The molecular weight excluding hydrogens is 204 g/mol. The molecular formula is C12H28N2O2. The van der Waals surface area contributed by atoms with Gasteiger partial charge in [-0.3, -0.25) is 0 Å². The lowest BCUT2D eigenvalue weighted by molar-refractivity contribution is 0.0565. The summed E-state index contributed by atoms with van der Waals surface area (Å²) < 4.78 is 5.00. The Morgan fingerprint density at radius 2 is 1.88 bits per heavy atom. The molecule has 0 spiro atoms. The minimum Gasteiger partial charge on any atom is -0.389 e. The van der Waals surface area contributed by atoms with E-state index in [0.29, 0.717) is 6.54 Å². The van der Waals surface area contributed by atoms with Crippen molar-refractivity contribution >= 4 is 0 Å². The van der Waals surface area contributed by atoms with Gasteiger partial charge in [0.15, 0.2) is 0 Å². The summed E-state index contributed by atoms with van der Waals surface area (Å²) in [6.45, 7) is 5.11. The van der Waals surface area contributed by atoms with Crippen molar-refractivity contribution in [3.63, 3.8) is 0 Å². The van der Waals surface area contributed by atoms with Crippen LogP contribution >= 0.6 is 0 Å². The SMILES string of the molecule is COCCCN(C)CCCCC(C)(O)CN. The van der Waals surface area contributed by atoms with Crippen LogP contribution in [-0.2, 0) is 4.74 Å². The molecule has 4 heteroatoms. The lowest BCUT2D eigenvalue weighted by Gasteiger charge is -2.21. The monoisotopic (exact) mass is 232 g/mol. The van der Waals surface area contributed by atoms with E-state index < -0.39 is 5.60 Å². The lowest BCUT2D eigenvalue weighted by atomic mass is 9.99. The van der Waals surface area contributed by atoms with E-state index in [-0.39, 0.29) is 0 Å². The third kappa shape index (κ3) is 9.09. The Bertz CT molecular complexity index is 163. The summed E-state index contributed by atoms with van der Waals surface area (Å²) in [5.74, 6) is 0. The second-order valence-corrected chi connectivity index (χ2v) is 4.81. The topological polar surface area (TPSA) is 58.7 Å². The van der Waals surface area contributed by atoms with Gasteiger partial charge >= 0.3 is 0 Å². The summed E-state index contributed by atoms with van der Waals surface area (Å²) in [6, 6.07) is 0. The summed E-state index contributed by atoms with van der Waals surface area (Å²) in [5, 5.41) is 9.71. The smallest absolute Gasteiger partial charge is 0.0741 e. The average molecular weight is 232 g/mol. The minimum atomic E-state index is -0.686. The summed E-state index contributed by atoms with van der Waals surface area (Å²) in [6.07, 6.45) is 4.00. The highest BCUT2D eigenvalue weighted by molar-refractivity contribution is 4.72. The fraction of sp³-hybridized carbons (Fsp3) is 1.00. The minimum absolute atomic E-state index is 0.344. The molecule has 0 aromatic carbocycles. The third-order valence-corrected chi connectivity index (χ3v) is 2.83. The van der Waals surface area contributed by atoms with E-state index in [9.17, 15) is 5.11 Å². The van der Waals surface area contributed by atoms with Gasteiger partial charge in [0.1, 0.15) is 0 Å². The molecule has 4 nitrogen and oxygen atoms in total. The molecule has 0 radical (unpaired) electrons. The van der Waals surface area contributed by atoms with Crippen LogP contribution in [0.15, 0.2) is 0 Å². The van der Waals surface area contributed by atoms with E-state index in [1.807, 2.05) is 0 Å². The van der Waals surface area contributed by atoms with Crippen molar-refractivity contribution in [1.29, 1.82) is 0 Å². The number of nitrogens with zero attached hydrogens (tertiary/aromatic N) is 1. The Balaban J connectivity index is 3.37. The Hall–Kier alpha value is -0.160. The van der Waals surface area contributed by atoms with Gasteiger partial charge in [0.25, 0.3) is 0 Å². The van der Waals surface area contributed by atoms with E-state index in [2.05, 4.69) is 11.9 Å². The molecule has 0 aliphatic carbocycles. The molecule has 0 aromatic heterocycles. The number of ether oxygens (including phenoxy) is 1. The van der Waals surface area contributed by atoms with Crippen molar-refractivity contribution in [2.45, 2.75) is 38.2 Å². The molecule has 3 N–H and O–H groups in total. The molecule has 16 heavy (non-hydrogen) atoms. The molecule has 0 fully saturated rings. The molecule has 98 valence electrons. The van der Waals surface area contributed by atoms with Crippen LogP contribution in [-0.4, -0.2) is 56.0 Å². The van der Waals surface area contributed by atoms with Crippen LogP contribution in [0.3, 0.4) is 0 Å². The highest BCUT2D eigenvalue weighted by atomic mass is 16.5. The molecule has 0 aliphatic heterocycles. The second kappa shape index (κ2) is 8.93. The number of methoxy groups -OCH3 is 1. The van der Waals surface area contributed by atoms with E-state index in [1.54, 1.807) is 14.0 Å². The van der Waals surface area contributed by atoms with E-state index >= 15 is 0 Å². The molecule has 0 aliphatic rings. The second-order valence-electron chi connectivity index (χ2n) is 4.81. The Kier molecular flexibility index (Phi) is 8.84. The fourth-order valence-electron chi connectivity index (χ4n) is 1.58. The van der Waals surface area contributed by atoms with Gasteiger partial charge in [0, 0.05) is 26.8 Å². The van der Waals surface area contributed by atoms with Crippen molar-refractivity contribution in [3.8, 4) is 0 Å². The summed E-state index contributed by atoms with van der Waals surface area (Å²) in [4.78, 5) is 2.30. The normalized spacial score (nSPS) is 15.4. The van der Waals surface area contributed by atoms with Crippen LogP contribution < -0.4 is 5.73 Å². The predicted octanol–water partition coefficient (Wildman–Crippen LogP) is 0.835.